The van der Waals surface area contributed by atoms with Gasteiger partial charge in [-0.05, 0) is 37.6 Å². The largest absolute Gasteiger partial charge is 0.439 e. The van der Waals surface area contributed by atoms with E-state index in [9.17, 15) is 0 Å². The van der Waals surface area contributed by atoms with E-state index in [0.29, 0.717) is 5.88 Å². The summed E-state index contributed by atoms with van der Waals surface area (Å²) in [6.45, 7) is 3.04. The van der Waals surface area contributed by atoms with Gasteiger partial charge in [0, 0.05) is 35.2 Å². The van der Waals surface area contributed by atoms with Gasteiger partial charge in [0.1, 0.15) is 12.1 Å². The molecule has 4 rings (SSSR count). The van der Waals surface area contributed by atoms with Crippen molar-refractivity contribution in [3.63, 3.8) is 0 Å². The average molecular weight is 280 g/mol. The molecule has 1 unspecified atom stereocenters. The molecule has 0 fully saturated rings. The van der Waals surface area contributed by atoms with Gasteiger partial charge in [0.15, 0.2) is 0 Å². The van der Waals surface area contributed by atoms with Gasteiger partial charge in [-0.15, -0.1) is 0 Å². The van der Waals surface area contributed by atoms with Crippen LogP contribution < -0.4 is 10.1 Å². The van der Waals surface area contributed by atoms with Crippen molar-refractivity contribution < 1.29 is 4.74 Å². The van der Waals surface area contributed by atoms with E-state index in [1.54, 1.807) is 6.33 Å². The van der Waals surface area contributed by atoms with E-state index < -0.39 is 0 Å². The van der Waals surface area contributed by atoms with Gasteiger partial charge in [0.2, 0.25) is 5.88 Å². The first-order valence-electron chi connectivity index (χ1n) is 7.13. The second kappa shape index (κ2) is 4.86. The number of rotatable bonds is 2. The van der Waals surface area contributed by atoms with Gasteiger partial charge in [-0.2, -0.15) is 0 Å². The second-order valence-electron chi connectivity index (χ2n) is 5.30. The first-order chi connectivity index (χ1) is 10.3. The van der Waals surface area contributed by atoms with Crippen molar-refractivity contribution in [1.29, 1.82) is 0 Å². The topological polar surface area (TPSA) is 62.8 Å². The van der Waals surface area contributed by atoms with Crippen molar-refractivity contribution in [1.82, 2.24) is 20.3 Å². The summed E-state index contributed by atoms with van der Waals surface area (Å²) in [6.07, 6.45) is 4.39. The molecular weight excluding hydrogens is 264 g/mol. The van der Waals surface area contributed by atoms with Crippen LogP contribution >= 0.6 is 0 Å². The van der Waals surface area contributed by atoms with Crippen molar-refractivity contribution >= 4 is 10.9 Å². The monoisotopic (exact) mass is 280 g/mol. The molecule has 0 saturated heterocycles. The Morgan fingerprint density at radius 1 is 1.24 bits per heavy atom. The molecule has 2 N–H and O–H groups in total. The summed E-state index contributed by atoms with van der Waals surface area (Å²) in [5.41, 5.74) is 3.25. The molecule has 5 heteroatoms. The number of benzene rings is 1. The van der Waals surface area contributed by atoms with E-state index in [-0.39, 0.29) is 6.04 Å². The molecular formula is C16H16N4O. The molecule has 0 aliphatic carbocycles. The van der Waals surface area contributed by atoms with Crippen LogP contribution in [0.2, 0.25) is 0 Å². The molecule has 1 aliphatic heterocycles. The lowest BCUT2D eigenvalue weighted by Crippen LogP contribution is -2.29. The Balaban J connectivity index is 1.72. The lowest BCUT2D eigenvalue weighted by molar-refractivity contribution is 0.436. The third-order valence-electron chi connectivity index (χ3n) is 3.91. The molecule has 5 nitrogen and oxygen atoms in total. The van der Waals surface area contributed by atoms with Crippen LogP contribution in [-0.4, -0.2) is 21.5 Å². The van der Waals surface area contributed by atoms with Crippen LogP contribution in [-0.2, 0) is 6.42 Å². The first-order valence-corrected chi connectivity index (χ1v) is 7.13. The van der Waals surface area contributed by atoms with Crippen LogP contribution in [0, 0.1) is 0 Å². The van der Waals surface area contributed by atoms with Crippen molar-refractivity contribution in [3.8, 4) is 11.6 Å². The standard InChI is InChI=1S/C16H16N4O/c1-10-15-13(5-7-17-10)16(20-9-19-15)21-12-2-3-14-11(8-12)4-6-18-14/h2-4,6,8-10,17-18H,5,7H2,1H3. The third kappa shape index (κ3) is 2.15. The molecule has 2 aromatic heterocycles. The average Bonchev–Trinajstić information content (AvgIpc) is 2.96. The summed E-state index contributed by atoms with van der Waals surface area (Å²) >= 11 is 0. The van der Waals surface area contributed by atoms with Gasteiger partial charge in [-0.3, -0.25) is 0 Å². The summed E-state index contributed by atoms with van der Waals surface area (Å²) in [7, 11) is 0. The predicted molar refractivity (Wildman–Crippen MR) is 80.5 cm³/mol. The molecule has 21 heavy (non-hydrogen) atoms. The zero-order valence-electron chi connectivity index (χ0n) is 11.8. The molecule has 3 heterocycles. The summed E-state index contributed by atoms with van der Waals surface area (Å²) < 4.78 is 6.01. The highest BCUT2D eigenvalue weighted by atomic mass is 16.5. The minimum Gasteiger partial charge on any atom is -0.439 e. The van der Waals surface area contributed by atoms with Crippen molar-refractivity contribution in [2.45, 2.75) is 19.4 Å². The molecule has 1 aromatic carbocycles. The van der Waals surface area contributed by atoms with Crippen molar-refractivity contribution in [3.05, 3.63) is 48.0 Å². The molecule has 0 saturated carbocycles. The number of nitrogens with one attached hydrogen (secondary N) is 2. The van der Waals surface area contributed by atoms with Gasteiger partial charge in [0.25, 0.3) is 0 Å². The minimum atomic E-state index is 0.242. The fourth-order valence-corrected chi connectivity index (χ4v) is 2.82. The predicted octanol–water partition coefficient (Wildman–Crippen LogP) is 2.96. The summed E-state index contributed by atoms with van der Waals surface area (Å²) in [6, 6.07) is 8.26. The van der Waals surface area contributed by atoms with Crippen LogP contribution in [0.15, 0.2) is 36.8 Å². The highest BCUT2D eigenvalue weighted by Gasteiger charge is 2.21. The summed E-state index contributed by atoms with van der Waals surface area (Å²) in [5.74, 6) is 1.47. The minimum absolute atomic E-state index is 0.242. The highest BCUT2D eigenvalue weighted by Crippen LogP contribution is 2.30. The Morgan fingerprint density at radius 3 is 3.14 bits per heavy atom. The molecule has 0 bridgehead atoms. The number of H-pyrrole nitrogens is 1. The van der Waals surface area contributed by atoms with Gasteiger partial charge in [-0.25, -0.2) is 9.97 Å². The van der Waals surface area contributed by atoms with Gasteiger partial charge in [0.05, 0.1) is 5.69 Å². The normalized spacial score (nSPS) is 17.7. The van der Waals surface area contributed by atoms with E-state index in [2.05, 4.69) is 27.2 Å². The van der Waals surface area contributed by atoms with Crippen LogP contribution in [0.1, 0.15) is 24.2 Å². The Bertz CT molecular complexity index is 796. The van der Waals surface area contributed by atoms with Gasteiger partial charge >= 0.3 is 0 Å². The zero-order chi connectivity index (χ0) is 14.2. The molecule has 1 atom stereocenters. The molecule has 1 aliphatic rings. The van der Waals surface area contributed by atoms with Gasteiger partial charge < -0.3 is 15.0 Å². The molecule has 106 valence electrons. The van der Waals surface area contributed by atoms with Crippen LogP contribution in [0.25, 0.3) is 10.9 Å². The van der Waals surface area contributed by atoms with Gasteiger partial charge in [-0.1, -0.05) is 0 Å². The fourth-order valence-electron chi connectivity index (χ4n) is 2.82. The number of fused-ring (bicyclic) bond motifs is 2. The SMILES string of the molecule is CC1NCCc2c(Oc3ccc4[nH]ccc4c3)ncnc21. The zero-order valence-corrected chi connectivity index (χ0v) is 11.8. The third-order valence-corrected chi connectivity index (χ3v) is 3.91. The molecule has 0 amide bonds. The quantitative estimate of drug-likeness (QED) is 0.757. The van der Waals surface area contributed by atoms with Crippen LogP contribution in [0.4, 0.5) is 0 Å². The Hall–Kier alpha value is -2.40. The second-order valence-corrected chi connectivity index (χ2v) is 5.30. The van der Waals surface area contributed by atoms with Crippen LogP contribution in [0.3, 0.4) is 0 Å². The summed E-state index contributed by atoms with van der Waals surface area (Å²) in [5, 5.41) is 4.53. The van der Waals surface area contributed by atoms with E-state index in [4.69, 9.17) is 4.74 Å². The van der Waals surface area contributed by atoms with Crippen molar-refractivity contribution in [2.75, 3.05) is 6.54 Å². The lowest BCUT2D eigenvalue weighted by atomic mass is 10.0. The Morgan fingerprint density at radius 2 is 2.19 bits per heavy atom. The number of aromatic nitrogens is 3. The molecule has 3 aromatic rings. The van der Waals surface area contributed by atoms with Crippen molar-refractivity contribution in [2.24, 2.45) is 0 Å². The molecule has 0 spiro atoms. The highest BCUT2D eigenvalue weighted by molar-refractivity contribution is 5.80. The number of hydrogen-bond acceptors (Lipinski definition) is 4. The Kier molecular flexibility index (Phi) is 2.86. The first kappa shape index (κ1) is 12.3. The lowest BCUT2D eigenvalue weighted by Gasteiger charge is -2.23. The fraction of sp³-hybridized carbons (Fsp3) is 0.250. The smallest absolute Gasteiger partial charge is 0.225 e. The Labute approximate surface area is 122 Å². The van der Waals surface area contributed by atoms with E-state index >= 15 is 0 Å². The number of aromatic amines is 1. The number of hydrogen-bond donors (Lipinski definition) is 2. The van der Waals surface area contributed by atoms with E-state index in [1.165, 1.54) is 0 Å². The maximum absolute atomic E-state index is 6.01. The van der Waals surface area contributed by atoms with E-state index in [0.717, 1.165) is 40.9 Å². The van der Waals surface area contributed by atoms with Crippen LogP contribution in [0.5, 0.6) is 11.6 Å². The maximum atomic E-state index is 6.01. The molecule has 0 radical (unpaired) electrons. The summed E-state index contributed by atoms with van der Waals surface area (Å²) in [4.78, 5) is 11.9. The number of ether oxygens (including phenoxy) is 1. The number of nitrogens with zero attached hydrogens (tertiary/aromatic N) is 2. The maximum Gasteiger partial charge on any atom is 0.225 e. The van der Waals surface area contributed by atoms with E-state index in [1.807, 2.05) is 30.5 Å².